The van der Waals surface area contributed by atoms with Crippen LogP contribution >= 0.6 is 11.3 Å². The van der Waals surface area contributed by atoms with Gasteiger partial charge in [0, 0.05) is 36.6 Å². The summed E-state index contributed by atoms with van der Waals surface area (Å²) in [6.07, 6.45) is 3.64. The molecule has 116 valence electrons. The summed E-state index contributed by atoms with van der Waals surface area (Å²) in [7, 11) is 0. The van der Waals surface area contributed by atoms with E-state index in [1.54, 1.807) is 11.3 Å². The fraction of sp³-hybridized carbons (Fsp3) is 0.733. The van der Waals surface area contributed by atoms with Crippen molar-refractivity contribution in [3.05, 3.63) is 16.1 Å². The first-order valence-electron chi connectivity index (χ1n) is 7.73. The average Bonchev–Trinajstić information content (AvgIpc) is 3.15. The van der Waals surface area contributed by atoms with Crippen molar-refractivity contribution in [1.82, 2.24) is 9.88 Å². The van der Waals surface area contributed by atoms with Crippen molar-refractivity contribution in [3.8, 4) is 0 Å². The van der Waals surface area contributed by atoms with Gasteiger partial charge in [-0.15, -0.1) is 11.3 Å². The predicted molar refractivity (Wildman–Crippen MR) is 82.4 cm³/mol. The summed E-state index contributed by atoms with van der Waals surface area (Å²) >= 11 is 1.71. The monoisotopic (exact) mass is 309 g/mol. The molecular weight excluding hydrogens is 286 g/mol. The zero-order valence-corrected chi connectivity index (χ0v) is 13.3. The van der Waals surface area contributed by atoms with Gasteiger partial charge in [0.05, 0.1) is 11.1 Å². The Hall–Kier alpha value is -0.980. The number of carbonyl (C=O) groups excluding carboxylic acids is 1. The van der Waals surface area contributed by atoms with E-state index >= 15 is 0 Å². The fourth-order valence-corrected chi connectivity index (χ4v) is 4.13. The van der Waals surface area contributed by atoms with Crippen LogP contribution in [0, 0.1) is 6.92 Å². The first-order valence-corrected chi connectivity index (χ1v) is 8.61. The van der Waals surface area contributed by atoms with Crippen LogP contribution in [0.5, 0.6) is 0 Å². The minimum absolute atomic E-state index is 0.0566. The summed E-state index contributed by atoms with van der Waals surface area (Å²) < 4.78 is 5.74. The van der Waals surface area contributed by atoms with Gasteiger partial charge < -0.3 is 15.4 Å². The van der Waals surface area contributed by atoms with Crippen LogP contribution in [-0.2, 0) is 9.53 Å². The number of aryl methyl sites for hydroxylation is 1. The predicted octanol–water partition coefficient (Wildman–Crippen LogP) is 1.66. The van der Waals surface area contributed by atoms with E-state index in [1.165, 1.54) is 0 Å². The van der Waals surface area contributed by atoms with Gasteiger partial charge in [-0.1, -0.05) is 0 Å². The first kappa shape index (κ1) is 14.9. The molecule has 3 atom stereocenters. The van der Waals surface area contributed by atoms with Gasteiger partial charge in [-0.25, -0.2) is 4.98 Å². The molecule has 2 fully saturated rings. The van der Waals surface area contributed by atoms with E-state index in [0.29, 0.717) is 12.5 Å². The molecule has 5 nitrogen and oxygen atoms in total. The van der Waals surface area contributed by atoms with E-state index in [4.69, 9.17) is 10.5 Å². The Morgan fingerprint density at radius 2 is 2.38 bits per heavy atom. The smallest absolute Gasteiger partial charge is 0.251 e. The number of hydrogen-bond acceptors (Lipinski definition) is 5. The van der Waals surface area contributed by atoms with Gasteiger partial charge in [-0.3, -0.25) is 4.79 Å². The lowest BCUT2D eigenvalue weighted by molar-refractivity contribution is -0.144. The molecule has 0 spiro atoms. The van der Waals surface area contributed by atoms with E-state index in [2.05, 4.69) is 10.4 Å². The second kappa shape index (κ2) is 6.42. The minimum atomic E-state index is -0.282. The molecule has 6 heteroatoms. The maximum Gasteiger partial charge on any atom is 0.251 e. The molecule has 3 heterocycles. The Morgan fingerprint density at radius 1 is 1.52 bits per heavy atom. The Labute approximate surface area is 129 Å². The van der Waals surface area contributed by atoms with Crippen LogP contribution in [0.15, 0.2) is 5.38 Å². The van der Waals surface area contributed by atoms with Crippen molar-refractivity contribution in [3.63, 3.8) is 0 Å². The van der Waals surface area contributed by atoms with Gasteiger partial charge in [-0.2, -0.15) is 0 Å². The lowest BCUT2D eigenvalue weighted by Crippen LogP contribution is -2.44. The Bertz CT molecular complexity index is 505. The van der Waals surface area contributed by atoms with Crippen LogP contribution in [0.2, 0.25) is 0 Å². The molecule has 0 aliphatic carbocycles. The largest absolute Gasteiger partial charge is 0.364 e. The number of ether oxygens (including phenoxy) is 1. The zero-order chi connectivity index (χ0) is 14.8. The molecule has 0 radical (unpaired) electrons. The number of likely N-dealkylation sites (tertiary alicyclic amines) is 1. The maximum absolute atomic E-state index is 12.6. The second-order valence-electron chi connectivity index (χ2n) is 6.01. The van der Waals surface area contributed by atoms with Crippen molar-refractivity contribution in [1.29, 1.82) is 0 Å². The standard InChI is InChI=1S/C15H23N3O2S/c1-10-9-21-14(17-10)11-3-2-6-18(8-11)15(19)13-5-4-12(7-16)20-13/h9,11-13H,2-8,16H2,1H3/t11?,12-,13+/m1/s1. The summed E-state index contributed by atoms with van der Waals surface area (Å²) in [5, 5.41) is 3.25. The second-order valence-corrected chi connectivity index (χ2v) is 6.90. The third kappa shape index (κ3) is 3.27. The topological polar surface area (TPSA) is 68.5 Å². The van der Waals surface area contributed by atoms with E-state index in [-0.39, 0.29) is 18.1 Å². The van der Waals surface area contributed by atoms with Crippen LogP contribution in [0.25, 0.3) is 0 Å². The SMILES string of the molecule is Cc1csc(C2CCCN(C(=O)[C@@H]3CC[C@H](CN)O3)C2)n1. The van der Waals surface area contributed by atoms with E-state index in [9.17, 15) is 4.79 Å². The molecule has 2 aliphatic heterocycles. The molecule has 21 heavy (non-hydrogen) atoms. The van der Waals surface area contributed by atoms with Crippen LogP contribution in [0.4, 0.5) is 0 Å². The molecule has 1 amide bonds. The molecule has 2 N–H and O–H groups in total. The first-order chi connectivity index (χ1) is 10.2. The van der Waals surface area contributed by atoms with Gasteiger partial charge in [0.15, 0.2) is 0 Å². The van der Waals surface area contributed by atoms with Crippen LogP contribution < -0.4 is 5.73 Å². The highest BCUT2D eigenvalue weighted by atomic mass is 32.1. The Kier molecular flexibility index (Phi) is 4.57. The van der Waals surface area contributed by atoms with Crippen LogP contribution in [0.3, 0.4) is 0 Å². The van der Waals surface area contributed by atoms with Crippen molar-refractivity contribution in [2.45, 2.75) is 50.7 Å². The number of thiazole rings is 1. The number of amides is 1. The Morgan fingerprint density at radius 3 is 3.05 bits per heavy atom. The molecule has 2 saturated heterocycles. The van der Waals surface area contributed by atoms with Crippen LogP contribution in [0.1, 0.15) is 42.3 Å². The highest BCUT2D eigenvalue weighted by Crippen LogP contribution is 2.30. The van der Waals surface area contributed by atoms with Crippen LogP contribution in [-0.4, -0.2) is 47.6 Å². The lowest BCUT2D eigenvalue weighted by atomic mass is 9.98. The summed E-state index contributed by atoms with van der Waals surface area (Å²) in [6, 6.07) is 0. The summed E-state index contributed by atoms with van der Waals surface area (Å²) in [5.74, 6) is 0.525. The van der Waals surface area contributed by atoms with Gasteiger partial charge in [0.2, 0.25) is 0 Å². The van der Waals surface area contributed by atoms with Gasteiger partial charge in [0.25, 0.3) is 5.91 Å². The summed E-state index contributed by atoms with van der Waals surface area (Å²) in [6.45, 7) is 4.14. The van der Waals surface area contributed by atoms with E-state index in [0.717, 1.165) is 49.5 Å². The molecular formula is C15H23N3O2S. The third-order valence-electron chi connectivity index (χ3n) is 4.36. The number of piperidine rings is 1. The number of rotatable bonds is 3. The van der Waals surface area contributed by atoms with Gasteiger partial charge in [0.1, 0.15) is 6.10 Å². The molecule has 1 aromatic rings. The quantitative estimate of drug-likeness (QED) is 0.922. The molecule has 3 rings (SSSR count). The summed E-state index contributed by atoms with van der Waals surface area (Å²) in [4.78, 5) is 19.1. The zero-order valence-electron chi connectivity index (χ0n) is 12.5. The van der Waals surface area contributed by atoms with E-state index < -0.39 is 0 Å². The minimum Gasteiger partial charge on any atom is -0.364 e. The van der Waals surface area contributed by atoms with Crippen molar-refractivity contribution < 1.29 is 9.53 Å². The van der Waals surface area contributed by atoms with Gasteiger partial charge in [-0.05, 0) is 32.6 Å². The number of aromatic nitrogens is 1. The highest BCUT2D eigenvalue weighted by molar-refractivity contribution is 7.09. The maximum atomic E-state index is 12.6. The normalized spacial score (nSPS) is 29.8. The molecule has 2 aliphatic rings. The van der Waals surface area contributed by atoms with Crippen molar-refractivity contribution in [2.75, 3.05) is 19.6 Å². The number of nitrogens with zero attached hydrogens (tertiary/aromatic N) is 2. The number of hydrogen-bond donors (Lipinski definition) is 1. The van der Waals surface area contributed by atoms with Crippen molar-refractivity contribution in [2.24, 2.45) is 5.73 Å². The summed E-state index contributed by atoms with van der Waals surface area (Å²) in [5.41, 5.74) is 6.69. The average molecular weight is 309 g/mol. The van der Waals surface area contributed by atoms with Gasteiger partial charge >= 0.3 is 0 Å². The molecule has 0 bridgehead atoms. The Balaban J connectivity index is 1.62. The molecule has 0 aromatic carbocycles. The fourth-order valence-electron chi connectivity index (χ4n) is 3.20. The molecule has 1 unspecified atom stereocenters. The van der Waals surface area contributed by atoms with Crippen molar-refractivity contribution >= 4 is 17.2 Å². The number of carbonyl (C=O) groups is 1. The molecule has 0 saturated carbocycles. The number of nitrogens with two attached hydrogens (primary N) is 1. The highest BCUT2D eigenvalue weighted by Gasteiger charge is 2.35. The lowest BCUT2D eigenvalue weighted by Gasteiger charge is -2.33. The third-order valence-corrected chi connectivity index (χ3v) is 5.49. The van der Waals surface area contributed by atoms with E-state index in [1.807, 2.05) is 11.8 Å². The molecule has 1 aromatic heterocycles.